The van der Waals surface area contributed by atoms with Crippen molar-refractivity contribution in [3.63, 3.8) is 0 Å². The Balaban J connectivity index is 1.78. The van der Waals surface area contributed by atoms with E-state index in [0.717, 1.165) is 27.8 Å². The lowest BCUT2D eigenvalue weighted by Crippen LogP contribution is -2.14. The van der Waals surface area contributed by atoms with Crippen LogP contribution in [-0.4, -0.2) is 30.1 Å². The molecule has 4 aromatic rings. The molecule has 0 aliphatic rings. The van der Waals surface area contributed by atoms with Crippen LogP contribution < -0.4 is 11.1 Å². The van der Waals surface area contributed by atoms with E-state index >= 15 is 0 Å². The van der Waals surface area contributed by atoms with E-state index in [1.54, 1.807) is 12.4 Å². The molecule has 0 saturated carbocycles. The Labute approximate surface area is 134 Å². The molecule has 9 heteroatoms. The summed E-state index contributed by atoms with van der Waals surface area (Å²) in [4.78, 5) is 20.7. The Morgan fingerprint density at radius 3 is 3.00 bits per heavy atom. The maximum atomic E-state index is 13.2. The van der Waals surface area contributed by atoms with Gasteiger partial charge in [-0.2, -0.15) is 0 Å². The van der Waals surface area contributed by atoms with Crippen molar-refractivity contribution < 1.29 is 9.18 Å². The topological polar surface area (TPSA) is 103 Å². The molecule has 0 aliphatic carbocycles. The number of hydrogen-bond donors (Lipinski definition) is 2. The second-order valence-electron chi connectivity index (χ2n) is 5.30. The first kappa shape index (κ1) is 14.1. The van der Waals surface area contributed by atoms with Crippen molar-refractivity contribution in [2.75, 3.05) is 11.1 Å². The van der Waals surface area contributed by atoms with Crippen LogP contribution in [0, 0.1) is 5.82 Å². The minimum absolute atomic E-state index is 0.0289. The van der Waals surface area contributed by atoms with E-state index in [1.807, 2.05) is 23.9 Å². The highest BCUT2D eigenvalue weighted by Gasteiger charge is 2.20. The van der Waals surface area contributed by atoms with Gasteiger partial charge in [-0.1, -0.05) is 0 Å². The lowest BCUT2D eigenvalue weighted by molar-refractivity contribution is 0.102. The molecule has 0 aliphatic heterocycles. The predicted octanol–water partition coefficient (Wildman–Crippen LogP) is 1.59. The van der Waals surface area contributed by atoms with Gasteiger partial charge < -0.3 is 15.6 Å². The van der Waals surface area contributed by atoms with E-state index in [1.165, 1.54) is 0 Å². The number of halogens is 1. The second-order valence-corrected chi connectivity index (χ2v) is 5.30. The predicted molar refractivity (Wildman–Crippen MR) is 86.0 cm³/mol. The molecule has 3 N–H and O–H groups in total. The number of nitrogens with zero attached hydrogens (tertiary/aromatic N) is 5. The molecule has 4 heterocycles. The fourth-order valence-corrected chi connectivity index (χ4v) is 2.61. The number of carbonyl (C=O) groups is 1. The highest BCUT2D eigenvalue weighted by Crippen LogP contribution is 2.24. The van der Waals surface area contributed by atoms with Gasteiger partial charge in [-0.15, -0.1) is 5.10 Å². The number of anilines is 2. The van der Waals surface area contributed by atoms with Gasteiger partial charge in [0, 0.05) is 18.6 Å². The van der Waals surface area contributed by atoms with Crippen LogP contribution in [0.3, 0.4) is 0 Å². The Hall–Kier alpha value is -3.49. The number of fused-ring (bicyclic) bond motifs is 2. The normalized spacial score (nSPS) is 11.2. The zero-order valence-electron chi connectivity index (χ0n) is 12.6. The zero-order chi connectivity index (χ0) is 16.8. The smallest absolute Gasteiger partial charge is 0.263 e. The minimum atomic E-state index is -0.574. The molecule has 0 radical (unpaired) electrons. The van der Waals surface area contributed by atoms with E-state index in [9.17, 15) is 9.18 Å². The average Bonchev–Trinajstić information content (AvgIpc) is 3.07. The third kappa shape index (κ3) is 2.06. The molecule has 0 aromatic carbocycles. The van der Waals surface area contributed by atoms with Crippen LogP contribution >= 0.6 is 0 Å². The molecule has 24 heavy (non-hydrogen) atoms. The van der Waals surface area contributed by atoms with E-state index < -0.39 is 11.7 Å². The molecule has 0 spiro atoms. The Morgan fingerprint density at radius 1 is 1.33 bits per heavy atom. The van der Waals surface area contributed by atoms with Crippen molar-refractivity contribution >= 4 is 34.0 Å². The molecule has 8 nitrogen and oxygen atoms in total. The van der Waals surface area contributed by atoms with Gasteiger partial charge >= 0.3 is 0 Å². The summed E-state index contributed by atoms with van der Waals surface area (Å²) < 4.78 is 16.3. The number of amides is 1. The van der Waals surface area contributed by atoms with Gasteiger partial charge in [0.15, 0.2) is 17.3 Å². The number of nitrogens with two attached hydrogens (primary N) is 1. The number of aryl methyl sites for hydroxylation is 1. The molecule has 0 unspecified atom stereocenters. The summed E-state index contributed by atoms with van der Waals surface area (Å²) in [5, 5.41) is 7.52. The SMILES string of the molecule is Cn1ccc2c(NC(=O)c3c(N)nn4cc(F)cnc34)cncc21. The summed E-state index contributed by atoms with van der Waals surface area (Å²) in [6.07, 6.45) is 7.24. The number of nitrogens with one attached hydrogen (secondary N) is 1. The number of rotatable bonds is 2. The maximum absolute atomic E-state index is 13.2. The second kappa shape index (κ2) is 5.01. The van der Waals surface area contributed by atoms with Crippen molar-refractivity contribution in [1.82, 2.24) is 24.1 Å². The molecule has 120 valence electrons. The van der Waals surface area contributed by atoms with Gasteiger partial charge in [0.25, 0.3) is 5.91 Å². The zero-order valence-corrected chi connectivity index (χ0v) is 12.6. The standard InChI is InChI=1S/C15H12FN7O/c1-22-3-2-9-10(5-18-6-11(9)22)20-15(24)12-13(17)21-23-7-8(16)4-19-14(12)23/h2-7H,1H3,(H2,17,21)(H,20,24). The van der Waals surface area contributed by atoms with Gasteiger partial charge in [-0.05, 0) is 6.07 Å². The van der Waals surface area contributed by atoms with Gasteiger partial charge in [-0.25, -0.2) is 13.9 Å². The molecular weight excluding hydrogens is 313 g/mol. The van der Waals surface area contributed by atoms with Gasteiger partial charge in [0.1, 0.15) is 5.56 Å². The van der Waals surface area contributed by atoms with Gasteiger partial charge in [0.05, 0.1) is 36.0 Å². The highest BCUT2D eigenvalue weighted by molar-refractivity contribution is 6.14. The van der Waals surface area contributed by atoms with Crippen molar-refractivity contribution in [1.29, 1.82) is 0 Å². The summed E-state index contributed by atoms with van der Waals surface area (Å²) in [7, 11) is 1.89. The first-order valence-electron chi connectivity index (χ1n) is 7.04. The average molecular weight is 325 g/mol. The molecule has 4 aromatic heterocycles. The van der Waals surface area contributed by atoms with Crippen LogP contribution in [0.15, 0.2) is 37.1 Å². The van der Waals surface area contributed by atoms with E-state index in [0.29, 0.717) is 5.69 Å². The molecule has 4 rings (SSSR count). The van der Waals surface area contributed by atoms with Gasteiger partial charge in [-0.3, -0.25) is 9.78 Å². The quantitative estimate of drug-likeness (QED) is 0.582. The maximum Gasteiger partial charge on any atom is 0.263 e. The number of aromatic nitrogens is 5. The largest absolute Gasteiger partial charge is 0.381 e. The molecule has 1 amide bonds. The van der Waals surface area contributed by atoms with E-state index in [4.69, 9.17) is 5.73 Å². The third-order valence-corrected chi connectivity index (χ3v) is 3.75. The molecule has 0 atom stereocenters. The van der Waals surface area contributed by atoms with Crippen LogP contribution in [0.5, 0.6) is 0 Å². The Kier molecular flexibility index (Phi) is 2.95. The summed E-state index contributed by atoms with van der Waals surface area (Å²) in [5.41, 5.74) is 7.48. The van der Waals surface area contributed by atoms with Gasteiger partial charge in [0.2, 0.25) is 0 Å². The fraction of sp³-hybridized carbons (Fsp3) is 0.0667. The minimum Gasteiger partial charge on any atom is -0.381 e. The lowest BCUT2D eigenvalue weighted by Gasteiger charge is -2.06. The van der Waals surface area contributed by atoms with Crippen LogP contribution in [0.4, 0.5) is 15.9 Å². The summed E-state index contributed by atoms with van der Waals surface area (Å²) in [6, 6.07) is 1.87. The summed E-state index contributed by atoms with van der Waals surface area (Å²) >= 11 is 0. The summed E-state index contributed by atoms with van der Waals surface area (Å²) in [5.74, 6) is -1.09. The lowest BCUT2D eigenvalue weighted by atomic mass is 10.2. The van der Waals surface area contributed by atoms with Crippen LogP contribution in [0.1, 0.15) is 10.4 Å². The fourth-order valence-electron chi connectivity index (χ4n) is 2.61. The molecule has 0 saturated heterocycles. The van der Waals surface area contributed by atoms with Crippen molar-refractivity contribution in [3.8, 4) is 0 Å². The van der Waals surface area contributed by atoms with Crippen LogP contribution in [0.25, 0.3) is 16.6 Å². The number of carbonyl (C=O) groups excluding carboxylic acids is 1. The number of nitrogen functional groups attached to an aromatic ring is 1. The number of hydrogen-bond acceptors (Lipinski definition) is 5. The Morgan fingerprint density at radius 2 is 2.17 bits per heavy atom. The monoisotopic (exact) mass is 325 g/mol. The van der Waals surface area contributed by atoms with Crippen LogP contribution in [-0.2, 0) is 7.05 Å². The molecular formula is C15H12FN7O. The van der Waals surface area contributed by atoms with Crippen molar-refractivity contribution in [2.45, 2.75) is 0 Å². The molecule has 0 fully saturated rings. The first-order valence-corrected chi connectivity index (χ1v) is 7.04. The van der Waals surface area contributed by atoms with Crippen molar-refractivity contribution in [2.24, 2.45) is 7.05 Å². The number of pyridine rings is 1. The van der Waals surface area contributed by atoms with E-state index in [-0.39, 0.29) is 17.0 Å². The van der Waals surface area contributed by atoms with Crippen LogP contribution in [0.2, 0.25) is 0 Å². The summed E-state index contributed by atoms with van der Waals surface area (Å²) in [6.45, 7) is 0. The molecule has 0 bridgehead atoms. The first-order chi connectivity index (χ1) is 11.5. The van der Waals surface area contributed by atoms with E-state index in [2.05, 4.69) is 20.4 Å². The third-order valence-electron chi connectivity index (χ3n) is 3.75. The van der Waals surface area contributed by atoms with Crippen molar-refractivity contribution in [3.05, 3.63) is 48.4 Å². The highest BCUT2D eigenvalue weighted by atomic mass is 19.1. The Bertz CT molecular complexity index is 1100.